The van der Waals surface area contributed by atoms with E-state index in [2.05, 4.69) is 30.4 Å². The number of rotatable bonds is 5. The maximum absolute atomic E-state index is 13.1. The normalized spacial score (nSPS) is 17.9. The lowest BCUT2D eigenvalue weighted by Crippen LogP contribution is -2.49. The number of alkyl halides is 3. The van der Waals surface area contributed by atoms with E-state index in [0.29, 0.717) is 19.0 Å². The molecule has 1 aliphatic heterocycles. The number of aliphatic imine (C=N–C) groups is 1. The number of nitrogens with zero attached hydrogens (tertiary/aromatic N) is 4. The summed E-state index contributed by atoms with van der Waals surface area (Å²) in [5.41, 5.74) is -0.157. The van der Waals surface area contributed by atoms with Crippen molar-refractivity contribution in [1.82, 2.24) is 25.4 Å². The molecule has 6 nitrogen and oxygen atoms in total. The molecule has 1 fully saturated rings. The molecule has 0 saturated heterocycles. The number of guanidine groups is 1. The summed E-state index contributed by atoms with van der Waals surface area (Å²) in [6, 6.07) is 5.72. The van der Waals surface area contributed by atoms with Gasteiger partial charge in [0, 0.05) is 32.0 Å². The van der Waals surface area contributed by atoms with E-state index in [9.17, 15) is 13.2 Å². The van der Waals surface area contributed by atoms with Gasteiger partial charge in [-0.25, -0.2) is 0 Å². The van der Waals surface area contributed by atoms with Crippen molar-refractivity contribution in [2.24, 2.45) is 4.99 Å². The van der Waals surface area contributed by atoms with E-state index < -0.39 is 11.7 Å². The molecule has 1 aliphatic carbocycles. The number of fused-ring (bicyclic) bond motifs is 1. The molecule has 170 valence electrons. The Labute approximate surface area is 197 Å². The lowest BCUT2D eigenvalue weighted by Gasteiger charge is -2.43. The van der Waals surface area contributed by atoms with Gasteiger partial charge in [-0.15, -0.1) is 34.2 Å². The quantitative estimate of drug-likeness (QED) is 0.337. The van der Waals surface area contributed by atoms with Gasteiger partial charge in [0.25, 0.3) is 0 Å². The topological polar surface area (TPSA) is 67.1 Å². The van der Waals surface area contributed by atoms with Crippen molar-refractivity contribution in [2.45, 2.75) is 63.2 Å². The van der Waals surface area contributed by atoms with Gasteiger partial charge in [0.2, 0.25) is 0 Å². The van der Waals surface area contributed by atoms with E-state index in [1.165, 1.54) is 12.1 Å². The van der Waals surface area contributed by atoms with Gasteiger partial charge in [0.15, 0.2) is 11.8 Å². The minimum atomic E-state index is -4.33. The summed E-state index contributed by atoms with van der Waals surface area (Å²) in [5, 5.41) is 15.1. The van der Waals surface area contributed by atoms with Gasteiger partial charge >= 0.3 is 6.18 Å². The van der Waals surface area contributed by atoms with Gasteiger partial charge in [0.1, 0.15) is 5.82 Å². The fraction of sp³-hybridized carbons (Fsp3) is 0.571. The first-order valence-corrected chi connectivity index (χ1v) is 10.4. The van der Waals surface area contributed by atoms with Crippen LogP contribution in [-0.4, -0.2) is 34.3 Å². The van der Waals surface area contributed by atoms with Crippen LogP contribution < -0.4 is 10.6 Å². The highest BCUT2D eigenvalue weighted by Gasteiger charge is 2.40. The average Bonchev–Trinajstić information content (AvgIpc) is 3.12. The smallest absolute Gasteiger partial charge is 0.356 e. The van der Waals surface area contributed by atoms with Crippen LogP contribution in [0.2, 0.25) is 0 Å². The molecule has 1 saturated carbocycles. The van der Waals surface area contributed by atoms with Crippen LogP contribution in [0.1, 0.15) is 54.9 Å². The summed E-state index contributed by atoms with van der Waals surface area (Å²) in [5.74, 6) is 2.52. The second kappa shape index (κ2) is 9.74. The maximum atomic E-state index is 13.1. The average molecular weight is 548 g/mol. The Kier molecular flexibility index (Phi) is 7.48. The third kappa shape index (κ3) is 5.15. The molecule has 0 spiro atoms. The van der Waals surface area contributed by atoms with E-state index in [1.807, 2.05) is 0 Å². The molecule has 1 aromatic heterocycles. The molecule has 2 aromatic rings. The first-order valence-electron chi connectivity index (χ1n) is 10.4. The zero-order chi connectivity index (χ0) is 21.2. The lowest BCUT2D eigenvalue weighted by molar-refractivity contribution is -0.137. The van der Waals surface area contributed by atoms with Gasteiger partial charge in [-0.2, -0.15) is 13.2 Å². The van der Waals surface area contributed by atoms with Crippen molar-refractivity contribution < 1.29 is 13.2 Å². The fourth-order valence-electron chi connectivity index (χ4n) is 4.33. The van der Waals surface area contributed by atoms with Crippen molar-refractivity contribution in [2.75, 3.05) is 13.6 Å². The highest BCUT2D eigenvalue weighted by Crippen LogP contribution is 2.44. The van der Waals surface area contributed by atoms with Crippen LogP contribution in [0, 0.1) is 0 Å². The van der Waals surface area contributed by atoms with Crippen molar-refractivity contribution >= 4 is 29.9 Å². The molecule has 0 atom stereocenters. The van der Waals surface area contributed by atoms with E-state index in [0.717, 1.165) is 68.3 Å². The molecule has 0 radical (unpaired) electrons. The van der Waals surface area contributed by atoms with Gasteiger partial charge in [-0.05, 0) is 37.3 Å². The molecular formula is C21H28F3IN6. The summed E-state index contributed by atoms with van der Waals surface area (Å²) >= 11 is 0. The summed E-state index contributed by atoms with van der Waals surface area (Å²) in [6.45, 7) is 1.97. The van der Waals surface area contributed by atoms with Gasteiger partial charge in [-0.1, -0.05) is 24.6 Å². The van der Waals surface area contributed by atoms with Crippen LogP contribution in [0.4, 0.5) is 13.2 Å². The number of halogens is 4. The molecule has 2 N–H and O–H groups in total. The number of benzene rings is 1. The van der Waals surface area contributed by atoms with Crippen LogP contribution in [0.15, 0.2) is 29.3 Å². The zero-order valence-electron chi connectivity index (χ0n) is 17.5. The molecule has 31 heavy (non-hydrogen) atoms. The van der Waals surface area contributed by atoms with Crippen LogP contribution in [-0.2, 0) is 31.1 Å². The van der Waals surface area contributed by atoms with Crippen molar-refractivity contribution in [3.8, 4) is 0 Å². The Morgan fingerprint density at radius 3 is 2.65 bits per heavy atom. The van der Waals surface area contributed by atoms with Gasteiger partial charge in [-0.3, -0.25) is 4.99 Å². The van der Waals surface area contributed by atoms with E-state index in [-0.39, 0.29) is 29.4 Å². The lowest BCUT2D eigenvalue weighted by atomic mass is 9.64. The predicted octanol–water partition coefficient (Wildman–Crippen LogP) is 4.04. The molecule has 0 bridgehead atoms. The summed E-state index contributed by atoms with van der Waals surface area (Å²) in [4.78, 5) is 4.27. The minimum absolute atomic E-state index is 0. The molecule has 1 aromatic carbocycles. The number of nitrogens with one attached hydrogen (secondary N) is 2. The Morgan fingerprint density at radius 1 is 1.16 bits per heavy atom. The first kappa shape index (κ1) is 23.8. The van der Waals surface area contributed by atoms with E-state index >= 15 is 0 Å². The highest BCUT2D eigenvalue weighted by molar-refractivity contribution is 14.0. The van der Waals surface area contributed by atoms with E-state index in [1.54, 1.807) is 13.1 Å². The Morgan fingerprint density at radius 2 is 1.97 bits per heavy atom. The van der Waals surface area contributed by atoms with Gasteiger partial charge in [0.05, 0.1) is 12.1 Å². The fourth-order valence-corrected chi connectivity index (χ4v) is 4.33. The third-order valence-corrected chi connectivity index (χ3v) is 6.28. The van der Waals surface area contributed by atoms with Gasteiger partial charge < -0.3 is 15.2 Å². The van der Waals surface area contributed by atoms with Crippen LogP contribution in [0.25, 0.3) is 0 Å². The van der Waals surface area contributed by atoms with Crippen molar-refractivity contribution in [1.29, 1.82) is 0 Å². The summed E-state index contributed by atoms with van der Waals surface area (Å²) in [7, 11) is 1.69. The van der Waals surface area contributed by atoms with Crippen molar-refractivity contribution in [3.63, 3.8) is 0 Å². The Balaban J connectivity index is 0.00000272. The second-order valence-corrected chi connectivity index (χ2v) is 8.13. The highest BCUT2D eigenvalue weighted by atomic mass is 127. The SMILES string of the molecule is CN=C(NCc1nnc2n1CCCC2)NCC1(c2cccc(C(F)(F)F)c2)CCC1.I. The number of hydrogen-bond donors (Lipinski definition) is 2. The predicted molar refractivity (Wildman–Crippen MR) is 124 cm³/mol. The largest absolute Gasteiger partial charge is 0.416 e. The number of aryl methyl sites for hydroxylation is 1. The van der Waals surface area contributed by atoms with Crippen LogP contribution in [0.3, 0.4) is 0 Å². The maximum Gasteiger partial charge on any atom is 0.416 e. The monoisotopic (exact) mass is 548 g/mol. The number of aromatic nitrogens is 3. The van der Waals surface area contributed by atoms with Crippen LogP contribution >= 0.6 is 24.0 Å². The summed E-state index contributed by atoms with van der Waals surface area (Å²) < 4.78 is 41.6. The second-order valence-electron chi connectivity index (χ2n) is 8.13. The molecule has 2 heterocycles. The molecule has 0 unspecified atom stereocenters. The van der Waals surface area contributed by atoms with Crippen molar-refractivity contribution in [3.05, 3.63) is 47.0 Å². The Hall–Kier alpha value is -1.85. The van der Waals surface area contributed by atoms with Crippen LogP contribution in [0.5, 0.6) is 0 Å². The third-order valence-electron chi connectivity index (χ3n) is 6.28. The Bertz CT molecular complexity index is 920. The zero-order valence-corrected chi connectivity index (χ0v) is 19.8. The summed E-state index contributed by atoms with van der Waals surface area (Å²) in [6.07, 6.45) is 1.63. The standard InChI is InChI=1S/C21H27F3N6.HI/c1-25-19(26-13-18-29-28-17-8-2-3-11-30(17)18)27-14-20(9-5-10-20)15-6-4-7-16(12-15)21(22,23)24;/h4,6-7,12H,2-3,5,8-11,13-14H2,1H3,(H2,25,26,27);1H. The number of hydrogen-bond acceptors (Lipinski definition) is 3. The molecule has 2 aliphatic rings. The minimum Gasteiger partial charge on any atom is -0.356 e. The molecular weight excluding hydrogens is 520 g/mol. The molecule has 10 heteroatoms. The molecule has 4 rings (SSSR count). The molecule has 0 amide bonds. The first-order chi connectivity index (χ1) is 14.4. The van der Waals surface area contributed by atoms with E-state index in [4.69, 9.17) is 0 Å².